The topological polar surface area (TPSA) is 43.4 Å². The van der Waals surface area contributed by atoms with Gasteiger partial charge in [-0.05, 0) is 44.0 Å². The summed E-state index contributed by atoms with van der Waals surface area (Å²) in [7, 11) is -3.51. The average molecular weight is 409 g/mol. The molecule has 0 saturated heterocycles. The fraction of sp³-hybridized carbons (Fsp3) is 0.143. The van der Waals surface area contributed by atoms with Crippen molar-refractivity contribution in [2.75, 3.05) is 6.26 Å². The molecule has 0 N–H and O–H groups in total. The largest absolute Gasteiger partial charge is 0.380 e. The third kappa shape index (κ3) is 3.52. The second-order valence-corrected chi connectivity index (χ2v) is 6.69. The van der Waals surface area contributed by atoms with Crippen LogP contribution in [-0.4, -0.2) is 14.7 Å². The van der Waals surface area contributed by atoms with E-state index in [4.69, 9.17) is 4.18 Å². The van der Waals surface area contributed by atoms with E-state index in [0.29, 0.717) is 8.95 Å². The van der Waals surface area contributed by atoms with Crippen molar-refractivity contribution >= 4 is 57.9 Å². The van der Waals surface area contributed by atoms with Crippen LogP contribution in [0.2, 0.25) is 0 Å². The molecule has 14 heavy (non-hydrogen) atoms. The molecule has 78 valence electrons. The van der Waals surface area contributed by atoms with Crippen LogP contribution < -0.4 is 4.18 Å². The van der Waals surface area contributed by atoms with Crippen LogP contribution in [0, 0.1) is 0 Å². The quantitative estimate of drug-likeness (QED) is 0.705. The Kier molecular flexibility index (Phi) is 4.02. The van der Waals surface area contributed by atoms with Crippen LogP contribution in [0.25, 0.3) is 0 Å². The summed E-state index contributed by atoms with van der Waals surface area (Å²) in [5.74, 6) is 0.246. The molecule has 0 bridgehead atoms. The van der Waals surface area contributed by atoms with E-state index in [2.05, 4.69) is 47.8 Å². The summed E-state index contributed by atoms with van der Waals surface area (Å²) in [6.07, 6.45) is 0.994. The van der Waals surface area contributed by atoms with Gasteiger partial charge < -0.3 is 4.18 Å². The highest BCUT2D eigenvalue weighted by atomic mass is 79.9. The van der Waals surface area contributed by atoms with Crippen LogP contribution in [0.5, 0.6) is 5.75 Å². The van der Waals surface area contributed by atoms with E-state index in [1.54, 1.807) is 12.1 Å². The summed E-state index contributed by atoms with van der Waals surface area (Å²) in [5.41, 5.74) is 0. The Morgan fingerprint density at radius 1 is 1.14 bits per heavy atom. The zero-order valence-corrected chi connectivity index (χ0v) is 12.5. The molecule has 0 aliphatic heterocycles. The lowest BCUT2D eigenvalue weighted by Gasteiger charge is -2.07. The lowest BCUT2D eigenvalue weighted by molar-refractivity contribution is 0.490. The molecule has 0 spiro atoms. The van der Waals surface area contributed by atoms with E-state index in [1.807, 2.05) is 0 Å². The highest BCUT2D eigenvalue weighted by Gasteiger charge is 2.13. The SMILES string of the molecule is CS(=O)(=O)Oc1c(Br)cc(Br)cc1Br. The molecule has 0 aromatic heterocycles. The van der Waals surface area contributed by atoms with Crippen molar-refractivity contribution in [1.29, 1.82) is 0 Å². The van der Waals surface area contributed by atoms with Gasteiger partial charge in [0.1, 0.15) is 0 Å². The Hall–Kier alpha value is 0.410. The van der Waals surface area contributed by atoms with Gasteiger partial charge in [0.05, 0.1) is 15.2 Å². The lowest BCUT2D eigenvalue weighted by Crippen LogP contribution is -2.06. The van der Waals surface area contributed by atoms with Crippen molar-refractivity contribution in [2.24, 2.45) is 0 Å². The summed E-state index contributed by atoms with van der Waals surface area (Å²) in [6.45, 7) is 0. The second-order valence-electron chi connectivity index (χ2n) is 2.49. The normalized spacial score (nSPS) is 11.4. The maximum Gasteiger partial charge on any atom is 0.306 e. The fourth-order valence-electron chi connectivity index (χ4n) is 0.760. The molecule has 0 amide bonds. The van der Waals surface area contributed by atoms with Crippen molar-refractivity contribution < 1.29 is 12.6 Å². The van der Waals surface area contributed by atoms with E-state index in [9.17, 15) is 8.42 Å². The third-order valence-electron chi connectivity index (χ3n) is 1.20. The molecule has 0 aliphatic carbocycles. The molecule has 0 fully saturated rings. The first-order chi connectivity index (χ1) is 6.29. The van der Waals surface area contributed by atoms with E-state index >= 15 is 0 Å². The molecule has 0 radical (unpaired) electrons. The predicted molar refractivity (Wildman–Crippen MR) is 65.0 cm³/mol. The molecule has 1 aromatic carbocycles. The van der Waals surface area contributed by atoms with Crippen molar-refractivity contribution in [3.63, 3.8) is 0 Å². The van der Waals surface area contributed by atoms with Crippen molar-refractivity contribution in [3.05, 3.63) is 25.6 Å². The van der Waals surface area contributed by atoms with Crippen molar-refractivity contribution in [3.8, 4) is 5.75 Å². The van der Waals surface area contributed by atoms with Gasteiger partial charge in [-0.25, -0.2) is 0 Å². The van der Waals surface area contributed by atoms with Crippen LogP contribution in [0.15, 0.2) is 25.6 Å². The predicted octanol–water partition coefficient (Wildman–Crippen LogP) is 3.31. The van der Waals surface area contributed by atoms with Gasteiger partial charge in [-0.1, -0.05) is 15.9 Å². The van der Waals surface area contributed by atoms with Crippen LogP contribution >= 0.6 is 47.8 Å². The molecule has 0 atom stereocenters. The van der Waals surface area contributed by atoms with E-state index in [1.165, 1.54) is 0 Å². The summed E-state index contributed by atoms with van der Waals surface area (Å²) in [6, 6.07) is 3.40. The standard InChI is InChI=1S/C7H5Br3O3S/c1-14(11,12)13-7-5(9)2-4(8)3-6(7)10/h2-3H,1H3. The molecule has 3 nitrogen and oxygen atoms in total. The molecule has 0 aliphatic rings. The molecule has 1 aromatic rings. The average Bonchev–Trinajstić information content (AvgIpc) is 1.95. The minimum Gasteiger partial charge on any atom is -0.380 e. The monoisotopic (exact) mass is 406 g/mol. The molecule has 0 saturated carbocycles. The van der Waals surface area contributed by atoms with Gasteiger partial charge in [0.2, 0.25) is 0 Å². The molecular weight excluding hydrogens is 404 g/mol. The first-order valence-electron chi connectivity index (χ1n) is 3.33. The van der Waals surface area contributed by atoms with Crippen LogP contribution in [-0.2, 0) is 10.1 Å². The minimum absolute atomic E-state index is 0.246. The van der Waals surface area contributed by atoms with Gasteiger partial charge >= 0.3 is 10.1 Å². The zero-order chi connectivity index (χ0) is 10.9. The number of hydrogen-bond donors (Lipinski definition) is 0. The Balaban J connectivity index is 3.22. The molecule has 7 heteroatoms. The molecule has 1 rings (SSSR count). The minimum atomic E-state index is -3.51. The van der Waals surface area contributed by atoms with Gasteiger partial charge in [-0.3, -0.25) is 0 Å². The van der Waals surface area contributed by atoms with Gasteiger partial charge in [0, 0.05) is 4.47 Å². The Bertz CT molecular complexity index is 432. The third-order valence-corrected chi connectivity index (χ3v) is 3.30. The zero-order valence-electron chi connectivity index (χ0n) is 6.92. The summed E-state index contributed by atoms with van der Waals surface area (Å²) >= 11 is 9.66. The Labute approximate surface area is 107 Å². The van der Waals surface area contributed by atoms with Crippen molar-refractivity contribution in [2.45, 2.75) is 0 Å². The number of hydrogen-bond acceptors (Lipinski definition) is 3. The Morgan fingerprint density at radius 3 is 1.93 bits per heavy atom. The van der Waals surface area contributed by atoms with Crippen LogP contribution in [0.3, 0.4) is 0 Å². The number of benzene rings is 1. The van der Waals surface area contributed by atoms with Gasteiger partial charge in [0.25, 0.3) is 0 Å². The number of rotatable bonds is 2. The van der Waals surface area contributed by atoms with Gasteiger partial charge in [0.15, 0.2) is 5.75 Å². The molecule has 0 heterocycles. The first-order valence-corrected chi connectivity index (χ1v) is 7.53. The number of halogens is 3. The van der Waals surface area contributed by atoms with E-state index in [-0.39, 0.29) is 5.75 Å². The van der Waals surface area contributed by atoms with E-state index < -0.39 is 10.1 Å². The summed E-state index contributed by atoms with van der Waals surface area (Å²) in [5, 5.41) is 0. The lowest BCUT2D eigenvalue weighted by atomic mass is 10.3. The molecule has 0 unspecified atom stereocenters. The maximum absolute atomic E-state index is 10.9. The van der Waals surface area contributed by atoms with Crippen LogP contribution in [0.4, 0.5) is 0 Å². The molecular formula is C7H5Br3O3S. The van der Waals surface area contributed by atoms with Gasteiger partial charge in [-0.15, -0.1) is 0 Å². The second kappa shape index (κ2) is 4.51. The maximum atomic E-state index is 10.9. The summed E-state index contributed by atoms with van der Waals surface area (Å²) < 4.78 is 28.5. The van der Waals surface area contributed by atoms with E-state index in [0.717, 1.165) is 10.7 Å². The van der Waals surface area contributed by atoms with Gasteiger partial charge in [-0.2, -0.15) is 8.42 Å². The van der Waals surface area contributed by atoms with Crippen molar-refractivity contribution in [1.82, 2.24) is 0 Å². The van der Waals surface area contributed by atoms with Crippen LogP contribution in [0.1, 0.15) is 0 Å². The Morgan fingerprint density at radius 2 is 1.57 bits per heavy atom. The fourth-order valence-corrected chi connectivity index (χ4v) is 3.88. The first kappa shape index (κ1) is 12.5. The highest BCUT2D eigenvalue weighted by molar-refractivity contribution is 9.11. The highest BCUT2D eigenvalue weighted by Crippen LogP contribution is 2.36. The smallest absolute Gasteiger partial charge is 0.306 e. The summed E-state index contributed by atoms with van der Waals surface area (Å²) in [4.78, 5) is 0.